The number of unbranched alkanes of at least 4 members (excludes halogenated alkanes) is 26. The van der Waals surface area contributed by atoms with Crippen molar-refractivity contribution in [3.8, 4) is 11.5 Å². The van der Waals surface area contributed by atoms with E-state index in [2.05, 4.69) is 148 Å². The van der Waals surface area contributed by atoms with E-state index in [9.17, 15) is 0 Å². The smallest absolute Gasteiger partial charge is 0.147 e. The van der Waals surface area contributed by atoms with Crippen LogP contribution in [0.1, 0.15) is 219 Å². The molecule has 2 unspecified atom stereocenters. The molecule has 4 nitrogen and oxygen atoms in total. The average Bonchev–Trinajstić information content (AvgIpc) is 3.25. The van der Waals surface area contributed by atoms with Crippen molar-refractivity contribution in [1.82, 2.24) is 0 Å². The van der Waals surface area contributed by atoms with Crippen LogP contribution >= 0.6 is 95.6 Å². The van der Waals surface area contributed by atoms with Crippen molar-refractivity contribution in [1.29, 1.82) is 0 Å². The number of alkyl halides is 2. The van der Waals surface area contributed by atoms with Crippen LogP contribution in [0.3, 0.4) is 0 Å². The van der Waals surface area contributed by atoms with Gasteiger partial charge in [-0.05, 0) is 112 Å². The van der Waals surface area contributed by atoms with Gasteiger partial charge in [-0.3, -0.25) is 0 Å². The summed E-state index contributed by atoms with van der Waals surface area (Å²) >= 11 is 22.8. The summed E-state index contributed by atoms with van der Waals surface area (Å²) in [4.78, 5) is 0.223. The Balaban J connectivity index is 1.64. The average molecular weight is 1270 g/mol. The first kappa shape index (κ1) is 60.0. The molecule has 63 heavy (non-hydrogen) atoms. The van der Waals surface area contributed by atoms with E-state index in [-0.39, 0.29) is 15.1 Å². The van der Waals surface area contributed by atoms with Gasteiger partial charge in [-0.25, -0.2) is 0 Å². The van der Waals surface area contributed by atoms with Gasteiger partial charge in [0.1, 0.15) is 24.7 Å². The third-order valence-electron chi connectivity index (χ3n) is 12.1. The number of halogens is 6. The summed E-state index contributed by atoms with van der Waals surface area (Å²) in [6, 6.07) is 8.65. The molecule has 0 spiro atoms. The van der Waals surface area contributed by atoms with Crippen molar-refractivity contribution < 1.29 is 18.9 Å². The Hall–Kier alpha value is 0.840. The van der Waals surface area contributed by atoms with Crippen LogP contribution in [0.5, 0.6) is 11.5 Å². The first-order valence-corrected chi connectivity index (χ1v) is 30.2. The standard InChI is InChI=1S/C53H86Br6O4/c1-5-7-9-11-13-15-17-19-21-23-25-27-29-31-33-60-39-45(54)41-62-51-47(56)35-43(36-48(51)57)53(3,4)44-37-49(58)52(50(59)38-44)63-42-46(55)40-61-34-32-30-28-26-24-22-20-18-16-14-12-10-8-6-2/h35-38,45-46H,5-34,39-42H2,1-4H3. The second-order valence-corrected chi connectivity index (χ2v) is 24.3. The summed E-state index contributed by atoms with van der Waals surface area (Å²) < 4.78 is 28.2. The SMILES string of the molecule is CCCCCCCCCCCCCCCCOCC(Br)COc1c(Br)cc(C(C)(C)c2cc(Br)c(OCC(Br)COCCCCCCCCCCCCCCCC)c(Br)c2)cc1Br. The third-order valence-corrected chi connectivity index (χ3v) is 15.6. The molecule has 0 fully saturated rings. The second kappa shape index (κ2) is 38.7. The van der Waals surface area contributed by atoms with Gasteiger partial charge >= 0.3 is 0 Å². The zero-order valence-electron chi connectivity index (χ0n) is 39.9. The molecule has 2 rings (SSSR count). The monoisotopic (exact) mass is 1260 g/mol. The van der Waals surface area contributed by atoms with Crippen molar-refractivity contribution in [2.75, 3.05) is 39.6 Å². The lowest BCUT2D eigenvalue weighted by molar-refractivity contribution is 0.121. The van der Waals surface area contributed by atoms with Crippen molar-refractivity contribution in [2.45, 2.75) is 223 Å². The van der Waals surface area contributed by atoms with Crippen LogP contribution in [0.2, 0.25) is 0 Å². The lowest BCUT2D eigenvalue weighted by Crippen LogP contribution is -2.21. The van der Waals surface area contributed by atoms with Gasteiger partial charge in [0, 0.05) is 18.6 Å². The molecule has 0 radical (unpaired) electrons. The third kappa shape index (κ3) is 28.2. The molecule has 364 valence electrons. The van der Waals surface area contributed by atoms with E-state index < -0.39 is 0 Å². The van der Waals surface area contributed by atoms with E-state index in [0.717, 1.165) is 66.6 Å². The van der Waals surface area contributed by atoms with Crippen molar-refractivity contribution in [3.63, 3.8) is 0 Å². The van der Waals surface area contributed by atoms with Crippen molar-refractivity contribution >= 4 is 95.6 Å². The molecule has 0 heterocycles. The second-order valence-electron chi connectivity index (χ2n) is 18.3. The zero-order chi connectivity index (χ0) is 46.0. The van der Waals surface area contributed by atoms with Crippen LogP contribution in [0.25, 0.3) is 0 Å². The molecule has 0 aliphatic rings. The number of rotatable bonds is 42. The van der Waals surface area contributed by atoms with Crippen LogP contribution in [0.4, 0.5) is 0 Å². The van der Waals surface area contributed by atoms with E-state index in [4.69, 9.17) is 18.9 Å². The Morgan fingerprint density at radius 1 is 0.381 bits per heavy atom. The molecule has 0 aliphatic heterocycles. The van der Waals surface area contributed by atoms with Crippen molar-refractivity contribution in [2.24, 2.45) is 0 Å². The fraction of sp³-hybridized carbons (Fsp3) is 0.774. The first-order valence-electron chi connectivity index (χ1n) is 25.2. The largest absolute Gasteiger partial charge is 0.490 e. The van der Waals surface area contributed by atoms with Crippen LogP contribution in [-0.4, -0.2) is 49.3 Å². The molecule has 0 N–H and O–H groups in total. The van der Waals surface area contributed by atoms with E-state index in [1.54, 1.807) is 0 Å². The van der Waals surface area contributed by atoms with Crippen LogP contribution in [0, 0.1) is 0 Å². The maximum Gasteiger partial charge on any atom is 0.147 e. The summed E-state index contributed by atoms with van der Waals surface area (Å²) in [5.41, 5.74) is 2.01. The van der Waals surface area contributed by atoms with Crippen LogP contribution in [0.15, 0.2) is 42.2 Å². The van der Waals surface area contributed by atoms with Gasteiger partial charge in [0.25, 0.3) is 0 Å². The Bertz CT molecular complexity index is 1270. The molecular formula is C53H86Br6O4. The predicted octanol–water partition coefficient (Wildman–Crippen LogP) is 20.3. The molecule has 0 bridgehead atoms. The van der Waals surface area contributed by atoms with Gasteiger partial charge in [-0.1, -0.05) is 226 Å². The molecule has 0 saturated heterocycles. The van der Waals surface area contributed by atoms with Gasteiger partial charge in [0.2, 0.25) is 0 Å². The first-order chi connectivity index (χ1) is 30.5. The fourth-order valence-corrected chi connectivity index (χ4v) is 11.4. The Kier molecular flexibility index (Phi) is 36.8. The number of hydrogen-bond donors (Lipinski definition) is 0. The molecule has 2 atom stereocenters. The lowest BCUT2D eigenvalue weighted by Gasteiger charge is -2.28. The molecule has 0 saturated carbocycles. The van der Waals surface area contributed by atoms with Crippen molar-refractivity contribution in [3.05, 3.63) is 53.3 Å². The zero-order valence-corrected chi connectivity index (χ0v) is 49.4. The van der Waals surface area contributed by atoms with E-state index in [1.807, 2.05) is 0 Å². The van der Waals surface area contributed by atoms with Gasteiger partial charge in [0.15, 0.2) is 0 Å². The number of hydrogen-bond acceptors (Lipinski definition) is 4. The minimum absolute atomic E-state index is 0.112. The Labute approximate surface area is 437 Å². The summed E-state index contributed by atoms with van der Waals surface area (Å²) in [5.74, 6) is 1.59. The minimum atomic E-state index is -0.300. The van der Waals surface area contributed by atoms with Crippen LogP contribution < -0.4 is 9.47 Å². The van der Waals surface area contributed by atoms with E-state index in [1.165, 1.54) is 167 Å². The highest BCUT2D eigenvalue weighted by Gasteiger charge is 2.28. The van der Waals surface area contributed by atoms with E-state index >= 15 is 0 Å². The lowest BCUT2D eigenvalue weighted by atomic mass is 9.78. The molecule has 2 aromatic rings. The summed E-state index contributed by atoms with van der Waals surface area (Å²) in [7, 11) is 0. The Morgan fingerprint density at radius 2 is 0.619 bits per heavy atom. The maximum absolute atomic E-state index is 6.29. The number of ether oxygens (including phenoxy) is 4. The molecule has 0 aromatic heterocycles. The highest BCUT2D eigenvalue weighted by molar-refractivity contribution is 9.11. The summed E-state index contributed by atoms with van der Waals surface area (Å²) in [5, 5.41) is 0. The topological polar surface area (TPSA) is 36.9 Å². The molecular weight excluding hydrogens is 1180 g/mol. The van der Waals surface area contributed by atoms with Gasteiger partial charge in [-0.15, -0.1) is 0 Å². The van der Waals surface area contributed by atoms with Gasteiger partial charge in [0.05, 0.1) is 40.8 Å². The van der Waals surface area contributed by atoms with Crippen LogP contribution in [-0.2, 0) is 14.9 Å². The minimum Gasteiger partial charge on any atom is -0.490 e. The van der Waals surface area contributed by atoms with Gasteiger partial charge in [-0.2, -0.15) is 0 Å². The molecule has 2 aromatic carbocycles. The number of benzene rings is 2. The predicted molar refractivity (Wildman–Crippen MR) is 294 cm³/mol. The highest BCUT2D eigenvalue weighted by Crippen LogP contribution is 2.44. The van der Waals surface area contributed by atoms with Gasteiger partial charge < -0.3 is 18.9 Å². The summed E-state index contributed by atoms with van der Waals surface area (Å²) in [6.45, 7) is 13.0. The normalized spacial score (nSPS) is 12.9. The Morgan fingerprint density at radius 3 is 0.873 bits per heavy atom. The van der Waals surface area contributed by atoms with E-state index in [0.29, 0.717) is 26.4 Å². The fourth-order valence-electron chi connectivity index (χ4n) is 7.95. The summed E-state index contributed by atoms with van der Waals surface area (Å²) in [6.07, 6.45) is 38.3. The highest BCUT2D eigenvalue weighted by atomic mass is 79.9. The molecule has 10 heteroatoms. The quantitative estimate of drug-likeness (QED) is 0.0490. The molecule has 0 aliphatic carbocycles. The maximum atomic E-state index is 6.29. The molecule has 0 amide bonds.